The van der Waals surface area contributed by atoms with Crippen LogP contribution >= 0.6 is 0 Å². The summed E-state index contributed by atoms with van der Waals surface area (Å²) in [7, 11) is 0.273. The van der Waals surface area contributed by atoms with E-state index in [9.17, 15) is 17.8 Å². The summed E-state index contributed by atoms with van der Waals surface area (Å²) in [5, 5.41) is 0. The van der Waals surface area contributed by atoms with Crippen LogP contribution in [0, 0.1) is 11.6 Å². The topological polar surface area (TPSA) is 109 Å². The van der Waals surface area contributed by atoms with Gasteiger partial charge in [0.15, 0.2) is 11.6 Å². The third-order valence-electron chi connectivity index (χ3n) is 4.38. The van der Waals surface area contributed by atoms with E-state index < -0.39 is 22.6 Å². The van der Waals surface area contributed by atoms with Crippen LogP contribution in [0.25, 0.3) is 16.8 Å². The fraction of sp³-hybridized carbons (Fsp3) is 0.100. The Morgan fingerprint density at radius 3 is 2.58 bits per heavy atom. The predicted octanol–water partition coefficient (Wildman–Crippen LogP) is 2.65. The van der Waals surface area contributed by atoms with Crippen molar-refractivity contribution in [3.05, 3.63) is 77.1 Å². The quantitative estimate of drug-likeness (QED) is 0.506. The standard InChI is InChI=1S/C20H16F2N4O3S.H2O/c1-25-10-17(26-11-23-9-16(26)20(25)27)14-8-13(24-30(2)28)4-6-18(14)29-19-5-3-12(21)7-15(19)22;/h3-11,24H,1-2H3;1H2. The molecule has 2 aromatic carbocycles. The lowest BCUT2D eigenvalue weighted by molar-refractivity contribution is 0.439. The third-order valence-corrected chi connectivity index (χ3v) is 4.91. The van der Waals surface area contributed by atoms with Gasteiger partial charge in [-0.05, 0) is 30.3 Å². The first-order chi connectivity index (χ1) is 14.3. The zero-order valence-electron chi connectivity index (χ0n) is 16.4. The molecule has 2 aromatic heterocycles. The number of nitrogens with one attached hydrogen (secondary N) is 1. The minimum atomic E-state index is -1.33. The van der Waals surface area contributed by atoms with E-state index in [4.69, 9.17) is 4.74 Å². The minimum Gasteiger partial charge on any atom is -0.454 e. The van der Waals surface area contributed by atoms with Crippen molar-refractivity contribution < 1.29 is 23.2 Å². The molecule has 11 heteroatoms. The van der Waals surface area contributed by atoms with Gasteiger partial charge in [-0.15, -0.1) is 0 Å². The first-order valence-corrected chi connectivity index (χ1v) is 10.3. The molecular weight excluding hydrogens is 430 g/mol. The average Bonchev–Trinajstić information content (AvgIpc) is 3.18. The van der Waals surface area contributed by atoms with Gasteiger partial charge in [-0.3, -0.25) is 9.20 Å². The monoisotopic (exact) mass is 448 g/mol. The van der Waals surface area contributed by atoms with E-state index in [1.54, 1.807) is 35.8 Å². The van der Waals surface area contributed by atoms with Gasteiger partial charge in [0, 0.05) is 36.8 Å². The molecule has 3 N–H and O–H groups in total. The van der Waals surface area contributed by atoms with Crippen LogP contribution in [0.4, 0.5) is 14.5 Å². The van der Waals surface area contributed by atoms with Crippen LogP contribution in [-0.2, 0) is 18.0 Å². The smallest absolute Gasteiger partial charge is 0.276 e. The Kier molecular flexibility index (Phi) is 6.18. The van der Waals surface area contributed by atoms with Gasteiger partial charge in [-0.25, -0.2) is 18.0 Å². The summed E-state index contributed by atoms with van der Waals surface area (Å²) in [5.74, 6) is -1.49. The van der Waals surface area contributed by atoms with Gasteiger partial charge in [0.25, 0.3) is 5.56 Å². The van der Waals surface area contributed by atoms with Gasteiger partial charge in [0.05, 0.1) is 18.2 Å². The highest BCUT2D eigenvalue weighted by atomic mass is 32.2. The predicted molar refractivity (Wildman–Crippen MR) is 114 cm³/mol. The molecule has 0 fully saturated rings. The van der Waals surface area contributed by atoms with Gasteiger partial charge in [-0.1, -0.05) is 0 Å². The number of aromatic nitrogens is 3. The fourth-order valence-corrected chi connectivity index (χ4v) is 3.51. The van der Waals surface area contributed by atoms with Crippen molar-refractivity contribution in [2.75, 3.05) is 11.0 Å². The second-order valence-corrected chi connectivity index (χ2v) is 7.64. The molecule has 8 nitrogen and oxygen atoms in total. The van der Waals surface area contributed by atoms with Crippen LogP contribution < -0.4 is 15.0 Å². The number of hydrogen-bond acceptors (Lipinski definition) is 4. The van der Waals surface area contributed by atoms with E-state index in [0.717, 1.165) is 12.1 Å². The highest BCUT2D eigenvalue weighted by Gasteiger charge is 2.17. The molecule has 1 atom stereocenters. The van der Waals surface area contributed by atoms with Gasteiger partial charge in [0.2, 0.25) is 0 Å². The number of halogens is 2. The van der Waals surface area contributed by atoms with E-state index in [1.165, 1.54) is 29.4 Å². The average molecular weight is 448 g/mol. The summed E-state index contributed by atoms with van der Waals surface area (Å²) in [5.41, 5.74) is 1.64. The van der Waals surface area contributed by atoms with Crippen molar-refractivity contribution in [1.82, 2.24) is 14.0 Å². The maximum atomic E-state index is 14.2. The number of fused-ring (bicyclic) bond motifs is 1. The number of rotatable bonds is 5. The molecule has 0 spiro atoms. The molecule has 1 unspecified atom stereocenters. The molecule has 0 aliphatic heterocycles. The number of nitrogens with zero attached hydrogens (tertiary/aromatic N) is 3. The zero-order valence-corrected chi connectivity index (χ0v) is 17.2. The number of ether oxygens (including phenoxy) is 1. The van der Waals surface area contributed by atoms with Crippen molar-refractivity contribution in [3.8, 4) is 22.8 Å². The number of hydrogen-bond donors (Lipinski definition) is 1. The molecule has 0 saturated carbocycles. The van der Waals surface area contributed by atoms with Crippen LogP contribution in [0.1, 0.15) is 0 Å². The normalized spacial score (nSPS) is 11.7. The van der Waals surface area contributed by atoms with Gasteiger partial charge in [-0.2, -0.15) is 0 Å². The largest absolute Gasteiger partial charge is 0.454 e. The molecule has 162 valence electrons. The van der Waals surface area contributed by atoms with Crippen LogP contribution in [0.5, 0.6) is 11.5 Å². The zero-order chi connectivity index (χ0) is 21.4. The molecule has 0 amide bonds. The molecular formula is C20H18F2N4O4S. The third kappa shape index (κ3) is 4.32. The maximum absolute atomic E-state index is 14.2. The van der Waals surface area contributed by atoms with E-state index in [-0.39, 0.29) is 22.5 Å². The van der Waals surface area contributed by atoms with Crippen LogP contribution in [0.3, 0.4) is 0 Å². The molecule has 0 saturated heterocycles. The van der Waals surface area contributed by atoms with Crippen molar-refractivity contribution in [3.63, 3.8) is 0 Å². The summed E-state index contributed by atoms with van der Waals surface area (Å²) in [4.78, 5) is 16.4. The minimum absolute atomic E-state index is 0. The lowest BCUT2D eigenvalue weighted by Crippen LogP contribution is -2.19. The van der Waals surface area contributed by atoms with Crippen molar-refractivity contribution in [2.45, 2.75) is 0 Å². The lowest BCUT2D eigenvalue weighted by Gasteiger charge is -2.16. The molecule has 4 rings (SSSR count). The summed E-state index contributed by atoms with van der Waals surface area (Å²) < 4.78 is 50.5. The van der Waals surface area contributed by atoms with Crippen molar-refractivity contribution in [2.24, 2.45) is 7.05 Å². The van der Waals surface area contributed by atoms with E-state index >= 15 is 0 Å². The van der Waals surface area contributed by atoms with E-state index in [2.05, 4.69) is 9.71 Å². The molecule has 4 aromatic rings. The second-order valence-electron chi connectivity index (χ2n) is 6.52. The SMILES string of the molecule is Cn1cc(-c2cc(NS(C)=O)ccc2Oc2ccc(F)cc2F)n2cncc2c1=O.O. The summed E-state index contributed by atoms with van der Waals surface area (Å²) in [6, 6.07) is 7.86. The van der Waals surface area contributed by atoms with E-state index in [0.29, 0.717) is 22.5 Å². The lowest BCUT2D eigenvalue weighted by atomic mass is 10.1. The van der Waals surface area contributed by atoms with Crippen molar-refractivity contribution in [1.29, 1.82) is 0 Å². The molecule has 0 aliphatic rings. The first kappa shape index (κ1) is 22.1. The summed E-state index contributed by atoms with van der Waals surface area (Å²) in [6.07, 6.45) is 5.99. The van der Waals surface area contributed by atoms with Crippen LogP contribution in [-0.4, -0.2) is 29.9 Å². The molecule has 2 heterocycles. The Morgan fingerprint density at radius 1 is 1.13 bits per heavy atom. The molecule has 0 radical (unpaired) electrons. The number of imidazole rings is 1. The first-order valence-electron chi connectivity index (χ1n) is 8.72. The Bertz CT molecular complexity index is 1350. The van der Waals surface area contributed by atoms with Crippen molar-refractivity contribution >= 4 is 22.2 Å². The van der Waals surface area contributed by atoms with Gasteiger partial charge in [0.1, 0.15) is 28.1 Å². The highest BCUT2D eigenvalue weighted by molar-refractivity contribution is 7.85. The second kappa shape index (κ2) is 8.66. The number of aryl methyl sites for hydroxylation is 1. The Hall–Kier alpha value is -3.57. The summed E-state index contributed by atoms with van der Waals surface area (Å²) >= 11 is 0. The number of benzene rings is 2. The van der Waals surface area contributed by atoms with Gasteiger partial charge >= 0.3 is 0 Å². The fourth-order valence-electron chi connectivity index (χ4n) is 3.05. The Morgan fingerprint density at radius 2 is 1.87 bits per heavy atom. The van der Waals surface area contributed by atoms with Crippen LogP contribution in [0.2, 0.25) is 0 Å². The highest BCUT2D eigenvalue weighted by Crippen LogP contribution is 2.36. The summed E-state index contributed by atoms with van der Waals surface area (Å²) in [6.45, 7) is 0. The molecule has 31 heavy (non-hydrogen) atoms. The van der Waals surface area contributed by atoms with Gasteiger partial charge < -0.3 is 19.5 Å². The number of anilines is 1. The Balaban J connectivity index is 0.00000272. The van der Waals surface area contributed by atoms with Crippen LogP contribution in [0.15, 0.2) is 59.9 Å². The maximum Gasteiger partial charge on any atom is 0.276 e. The Labute approximate surface area is 177 Å². The molecule has 0 bridgehead atoms. The van der Waals surface area contributed by atoms with E-state index in [1.807, 2.05) is 0 Å². The molecule has 0 aliphatic carbocycles.